The highest BCUT2D eigenvalue weighted by Crippen LogP contribution is 2.30. The number of primary amides is 1. The maximum Gasteiger partial charge on any atom is 0.414 e. The molecule has 1 atom stereocenters. The van der Waals surface area contributed by atoms with Crippen molar-refractivity contribution in [3.63, 3.8) is 0 Å². The second-order valence-electron chi connectivity index (χ2n) is 7.56. The van der Waals surface area contributed by atoms with Gasteiger partial charge in [-0.2, -0.15) is 0 Å². The summed E-state index contributed by atoms with van der Waals surface area (Å²) in [4.78, 5) is 32.0. The summed E-state index contributed by atoms with van der Waals surface area (Å²) >= 11 is 0. The van der Waals surface area contributed by atoms with Crippen LogP contribution in [-0.2, 0) is 9.53 Å². The number of pyridine rings is 1. The molecule has 31 heavy (non-hydrogen) atoms. The van der Waals surface area contributed by atoms with Gasteiger partial charge in [-0.25, -0.2) is 13.6 Å². The Morgan fingerprint density at radius 2 is 1.77 bits per heavy atom. The van der Waals surface area contributed by atoms with E-state index >= 15 is 0 Å². The Bertz CT molecular complexity index is 981. The van der Waals surface area contributed by atoms with Crippen molar-refractivity contribution in [3.8, 4) is 0 Å². The summed E-state index contributed by atoms with van der Waals surface area (Å²) in [6, 6.07) is 6.25. The van der Waals surface area contributed by atoms with Crippen molar-refractivity contribution < 1.29 is 23.1 Å². The number of nitrogens with zero attached hydrogens (tertiary/aromatic N) is 4. The molecule has 0 aliphatic carbocycles. The smallest absolute Gasteiger partial charge is 0.414 e. The monoisotopic (exact) mass is 431 g/mol. The lowest BCUT2D eigenvalue weighted by atomic mass is 10.1. The molecule has 2 fully saturated rings. The van der Waals surface area contributed by atoms with Gasteiger partial charge in [-0.05, 0) is 30.7 Å². The number of amides is 2. The van der Waals surface area contributed by atoms with Gasteiger partial charge in [-0.15, -0.1) is 0 Å². The third-order valence-corrected chi connectivity index (χ3v) is 5.54. The molecule has 10 heteroatoms. The number of halogens is 2. The quantitative estimate of drug-likeness (QED) is 0.755. The molecule has 2 amide bonds. The molecule has 0 bridgehead atoms. The van der Waals surface area contributed by atoms with Gasteiger partial charge < -0.3 is 20.3 Å². The van der Waals surface area contributed by atoms with E-state index in [-0.39, 0.29) is 18.8 Å². The van der Waals surface area contributed by atoms with E-state index in [4.69, 9.17) is 10.5 Å². The highest BCUT2D eigenvalue weighted by atomic mass is 19.1. The number of aromatic nitrogens is 1. The van der Waals surface area contributed by atoms with Crippen LogP contribution >= 0.6 is 0 Å². The maximum absolute atomic E-state index is 14.9. The minimum absolute atomic E-state index is 0.120. The van der Waals surface area contributed by atoms with Gasteiger partial charge in [0.2, 0.25) is 5.91 Å². The average molecular weight is 431 g/mol. The number of anilines is 3. The second kappa shape index (κ2) is 8.75. The zero-order valence-electron chi connectivity index (χ0n) is 16.8. The van der Waals surface area contributed by atoms with E-state index in [1.165, 1.54) is 17.2 Å². The minimum atomic E-state index is -0.574. The van der Waals surface area contributed by atoms with E-state index in [0.29, 0.717) is 49.7 Å². The third-order valence-electron chi connectivity index (χ3n) is 5.54. The number of piperazine rings is 1. The summed E-state index contributed by atoms with van der Waals surface area (Å²) in [5.41, 5.74) is 6.45. The Hall–Kier alpha value is -3.43. The van der Waals surface area contributed by atoms with Gasteiger partial charge in [-0.3, -0.25) is 14.7 Å². The Kier molecular flexibility index (Phi) is 5.88. The largest absolute Gasteiger partial charge is 0.444 e. The van der Waals surface area contributed by atoms with Crippen LogP contribution in [0.4, 0.5) is 30.6 Å². The van der Waals surface area contributed by atoms with Gasteiger partial charge in [0, 0.05) is 38.8 Å². The maximum atomic E-state index is 14.9. The van der Waals surface area contributed by atoms with Gasteiger partial charge >= 0.3 is 6.09 Å². The van der Waals surface area contributed by atoms with Crippen LogP contribution in [0.15, 0.2) is 36.7 Å². The predicted octanol–water partition coefficient (Wildman–Crippen LogP) is 2.28. The fraction of sp³-hybridized carbons (Fsp3) is 0.381. The number of rotatable bonds is 6. The molecule has 2 aromatic rings. The zero-order chi connectivity index (χ0) is 22.0. The first-order valence-electron chi connectivity index (χ1n) is 10.1. The molecule has 8 nitrogen and oxygen atoms in total. The Morgan fingerprint density at radius 3 is 2.39 bits per heavy atom. The number of benzene rings is 1. The van der Waals surface area contributed by atoms with Crippen molar-refractivity contribution in [3.05, 3.63) is 48.3 Å². The van der Waals surface area contributed by atoms with Crippen LogP contribution in [0.25, 0.3) is 0 Å². The molecule has 0 unspecified atom stereocenters. The fourth-order valence-electron chi connectivity index (χ4n) is 3.92. The van der Waals surface area contributed by atoms with Gasteiger partial charge in [0.1, 0.15) is 11.9 Å². The van der Waals surface area contributed by atoms with E-state index in [0.717, 1.165) is 0 Å². The summed E-state index contributed by atoms with van der Waals surface area (Å²) in [5.74, 6) is -1.29. The lowest BCUT2D eigenvalue weighted by molar-refractivity contribution is -0.118. The zero-order valence-corrected chi connectivity index (χ0v) is 16.8. The van der Waals surface area contributed by atoms with Gasteiger partial charge in [-0.1, -0.05) is 0 Å². The average Bonchev–Trinajstić information content (AvgIpc) is 3.13. The number of ether oxygens (including phenoxy) is 1. The van der Waals surface area contributed by atoms with Gasteiger partial charge in [0.15, 0.2) is 5.82 Å². The number of nitrogens with two attached hydrogens (primary N) is 1. The first kappa shape index (κ1) is 20.8. The molecule has 2 aliphatic heterocycles. The van der Waals surface area contributed by atoms with Crippen molar-refractivity contribution in [2.45, 2.75) is 18.9 Å². The Balaban J connectivity index is 1.40. The van der Waals surface area contributed by atoms with Crippen molar-refractivity contribution in [1.29, 1.82) is 0 Å². The Morgan fingerprint density at radius 1 is 1.10 bits per heavy atom. The number of hydrogen-bond donors (Lipinski definition) is 1. The summed E-state index contributed by atoms with van der Waals surface area (Å²) < 4.78 is 34.1. The predicted molar refractivity (Wildman–Crippen MR) is 111 cm³/mol. The van der Waals surface area contributed by atoms with Crippen molar-refractivity contribution in [2.24, 2.45) is 5.73 Å². The fourth-order valence-corrected chi connectivity index (χ4v) is 3.92. The second-order valence-corrected chi connectivity index (χ2v) is 7.56. The number of carbonyl (C=O) groups excluding carboxylic acids is 2. The molecular formula is C21H23F2N5O3. The van der Waals surface area contributed by atoms with Crippen LogP contribution in [0.3, 0.4) is 0 Å². The van der Waals surface area contributed by atoms with Crippen LogP contribution in [0.5, 0.6) is 0 Å². The molecule has 4 rings (SSSR count). The van der Waals surface area contributed by atoms with E-state index in [2.05, 4.69) is 4.98 Å². The van der Waals surface area contributed by atoms with E-state index < -0.39 is 23.9 Å². The highest BCUT2D eigenvalue weighted by molar-refractivity contribution is 5.90. The first-order valence-corrected chi connectivity index (χ1v) is 10.1. The van der Waals surface area contributed by atoms with Crippen molar-refractivity contribution >= 4 is 29.1 Å². The SMILES string of the molecule is NC(=O)CC[C@H]1CN(c2ccc(N3CCN(c4ccncc4F)CC3)c(F)c2)C(=O)O1. The van der Waals surface area contributed by atoms with Crippen LogP contribution < -0.4 is 20.4 Å². The van der Waals surface area contributed by atoms with E-state index in [1.54, 1.807) is 24.4 Å². The molecule has 0 spiro atoms. The summed E-state index contributed by atoms with van der Waals surface area (Å²) in [6.45, 7) is 2.38. The van der Waals surface area contributed by atoms with Gasteiger partial charge in [0.05, 0.1) is 29.8 Å². The van der Waals surface area contributed by atoms with E-state index in [1.807, 2.05) is 9.80 Å². The normalized spacial score (nSPS) is 19.0. The highest BCUT2D eigenvalue weighted by Gasteiger charge is 2.33. The molecule has 3 heterocycles. The molecule has 164 valence electrons. The summed E-state index contributed by atoms with van der Waals surface area (Å²) in [5, 5.41) is 0. The van der Waals surface area contributed by atoms with Crippen LogP contribution in [0.1, 0.15) is 12.8 Å². The third kappa shape index (κ3) is 4.52. The molecule has 0 saturated carbocycles. The Labute approximate surface area is 178 Å². The number of carbonyl (C=O) groups is 2. The lowest BCUT2D eigenvalue weighted by Crippen LogP contribution is -2.47. The molecule has 2 N–H and O–H groups in total. The van der Waals surface area contributed by atoms with Crippen LogP contribution in [0, 0.1) is 11.6 Å². The summed E-state index contributed by atoms with van der Waals surface area (Å²) in [7, 11) is 0. The molecular weight excluding hydrogens is 408 g/mol. The number of cyclic esters (lactones) is 1. The summed E-state index contributed by atoms with van der Waals surface area (Å²) in [6.07, 6.45) is 2.15. The minimum Gasteiger partial charge on any atom is -0.444 e. The topological polar surface area (TPSA) is 92.0 Å². The standard InChI is InChI=1S/C21H23F2N5O3/c22-16-11-14(28-13-15(31-21(28)30)2-4-20(24)29)1-3-18(16)26-7-9-27(10-8-26)19-5-6-25-12-17(19)23/h1,3,5-6,11-12,15H,2,4,7-10,13H2,(H2,24,29)/t15-/m0/s1. The first-order chi connectivity index (χ1) is 14.9. The van der Waals surface area contributed by atoms with Crippen LogP contribution in [-0.4, -0.2) is 55.8 Å². The van der Waals surface area contributed by atoms with Crippen molar-refractivity contribution in [2.75, 3.05) is 47.4 Å². The van der Waals surface area contributed by atoms with E-state index in [9.17, 15) is 18.4 Å². The molecule has 0 radical (unpaired) electrons. The molecule has 2 aliphatic rings. The number of hydrogen-bond acceptors (Lipinski definition) is 6. The lowest BCUT2D eigenvalue weighted by Gasteiger charge is -2.37. The molecule has 1 aromatic carbocycles. The molecule has 1 aromatic heterocycles. The van der Waals surface area contributed by atoms with Gasteiger partial charge in [0.25, 0.3) is 0 Å². The van der Waals surface area contributed by atoms with Crippen LogP contribution in [0.2, 0.25) is 0 Å². The molecule has 2 saturated heterocycles. The van der Waals surface area contributed by atoms with Crippen molar-refractivity contribution in [1.82, 2.24) is 4.98 Å².